The van der Waals surface area contributed by atoms with E-state index in [0.29, 0.717) is 11.7 Å². The number of hydrogen-bond acceptors (Lipinski definition) is 2. The van der Waals surface area contributed by atoms with Crippen LogP contribution >= 0.6 is 0 Å². The van der Waals surface area contributed by atoms with Crippen molar-refractivity contribution in [1.82, 2.24) is 0 Å². The van der Waals surface area contributed by atoms with Crippen molar-refractivity contribution in [3.05, 3.63) is 0 Å². The highest BCUT2D eigenvalue weighted by molar-refractivity contribution is 5.81. The van der Waals surface area contributed by atoms with Gasteiger partial charge in [-0.15, -0.1) is 0 Å². The number of carbonyl (C=O) groups excluding carboxylic acids is 1. The summed E-state index contributed by atoms with van der Waals surface area (Å²) in [5.41, 5.74) is 0.0928. The van der Waals surface area contributed by atoms with E-state index >= 15 is 0 Å². The number of ketones is 1. The van der Waals surface area contributed by atoms with E-state index in [9.17, 15) is 4.79 Å². The smallest absolute Gasteiger partial charge is 0.136 e. The third kappa shape index (κ3) is 2.65. The van der Waals surface area contributed by atoms with Crippen LogP contribution in [0.2, 0.25) is 0 Å². The van der Waals surface area contributed by atoms with Crippen LogP contribution in [0.1, 0.15) is 58.8 Å². The number of carbonyl (C=O) groups is 1. The minimum Gasteiger partial charge on any atom is -0.375 e. The Morgan fingerprint density at radius 2 is 2.06 bits per heavy atom. The molecule has 2 rings (SSSR count). The predicted molar refractivity (Wildman–Crippen MR) is 64.3 cm³/mol. The molecule has 1 heterocycles. The summed E-state index contributed by atoms with van der Waals surface area (Å²) in [6, 6.07) is 0. The molecule has 0 N–H and O–H groups in total. The Bertz CT molecular complexity index is 251. The molecule has 1 saturated carbocycles. The van der Waals surface area contributed by atoms with E-state index in [0.717, 1.165) is 25.9 Å². The summed E-state index contributed by atoms with van der Waals surface area (Å²) in [7, 11) is 0. The topological polar surface area (TPSA) is 26.3 Å². The minimum absolute atomic E-state index is 0.0928. The second-order valence-electron chi connectivity index (χ2n) is 5.99. The fourth-order valence-electron chi connectivity index (χ4n) is 3.24. The number of Topliss-reactive ketones (excluding diaryl/α,β-unsaturated/α-hetero) is 1. The lowest BCUT2D eigenvalue weighted by atomic mass is 9.80. The van der Waals surface area contributed by atoms with Crippen molar-refractivity contribution in [2.45, 2.75) is 64.4 Å². The van der Waals surface area contributed by atoms with E-state index in [-0.39, 0.29) is 11.5 Å². The summed E-state index contributed by atoms with van der Waals surface area (Å²) < 4.78 is 5.96. The Morgan fingerprint density at radius 3 is 2.69 bits per heavy atom. The van der Waals surface area contributed by atoms with Gasteiger partial charge in [-0.1, -0.05) is 26.7 Å². The van der Waals surface area contributed by atoms with Crippen LogP contribution in [0.25, 0.3) is 0 Å². The van der Waals surface area contributed by atoms with E-state index in [1.54, 1.807) is 0 Å². The van der Waals surface area contributed by atoms with Gasteiger partial charge < -0.3 is 4.74 Å². The molecule has 1 atom stereocenters. The van der Waals surface area contributed by atoms with Crippen LogP contribution in [-0.4, -0.2) is 18.0 Å². The molecule has 2 aliphatic rings. The van der Waals surface area contributed by atoms with Gasteiger partial charge in [0.1, 0.15) is 5.78 Å². The predicted octanol–water partition coefficient (Wildman–Crippen LogP) is 3.34. The summed E-state index contributed by atoms with van der Waals surface area (Å²) in [5, 5.41) is 0. The van der Waals surface area contributed by atoms with Gasteiger partial charge in [-0.3, -0.25) is 4.79 Å². The second kappa shape index (κ2) is 4.87. The van der Waals surface area contributed by atoms with Crippen molar-refractivity contribution in [2.75, 3.05) is 6.61 Å². The van der Waals surface area contributed by atoms with Crippen LogP contribution in [0.4, 0.5) is 0 Å². The van der Waals surface area contributed by atoms with Crippen molar-refractivity contribution in [2.24, 2.45) is 11.8 Å². The highest BCUT2D eigenvalue weighted by Gasteiger charge is 2.41. The van der Waals surface area contributed by atoms with E-state index in [1.807, 2.05) is 0 Å². The summed E-state index contributed by atoms with van der Waals surface area (Å²) in [6.07, 6.45) is 7.62. The fourth-order valence-corrected chi connectivity index (χ4v) is 3.24. The van der Waals surface area contributed by atoms with Gasteiger partial charge in [-0.2, -0.15) is 0 Å². The Labute approximate surface area is 98.7 Å². The zero-order valence-electron chi connectivity index (χ0n) is 10.6. The van der Waals surface area contributed by atoms with E-state index in [4.69, 9.17) is 4.74 Å². The van der Waals surface area contributed by atoms with Gasteiger partial charge in [-0.25, -0.2) is 0 Å². The summed E-state index contributed by atoms with van der Waals surface area (Å²) >= 11 is 0. The zero-order valence-corrected chi connectivity index (χ0v) is 10.6. The maximum atomic E-state index is 12.1. The van der Waals surface area contributed by atoms with Crippen molar-refractivity contribution in [1.29, 1.82) is 0 Å². The van der Waals surface area contributed by atoms with Crippen LogP contribution in [0.5, 0.6) is 0 Å². The van der Waals surface area contributed by atoms with Gasteiger partial charge in [0.2, 0.25) is 0 Å². The average molecular weight is 224 g/mol. The average Bonchev–Trinajstić information content (AvgIpc) is 2.65. The molecule has 0 bridgehead atoms. The normalized spacial score (nSPS) is 28.8. The molecule has 1 unspecified atom stereocenters. The van der Waals surface area contributed by atoms with Gasteiger partial charge in [0.15, 0.2) is 0 Å². The van der Waals surface area contributed by atoms with Crippen LogP contribution in [0.15, 0.2) is 0 Å². The first kappa shape index (κ1) is 12.1. The quantitative estimate of drug-likeness (QED) is 0.735. The Morgan fingerprint density at radius 1 is 1.38 bits per heavy atom. The molecule has 0 radical (unpaired) electrons. The first-order valence-electron chi connectivity index (χ1n) is 6.78. The molecular weight excluding hydrogens is 200 g/mol. The first-order chi connectivity index (χ1) is 7.61. The highest BCUT2D eigenvalue weighted by atomic mass is 16.5. The molecule has 2 fully saturated rings. The molecule has 1 aliphatic heterocycles. The van der Waals surface area contributed by atoms with Crippen LogP contribution in [0.3, 0.4) is 0 Å². The maximum absolute atomic E-state index is 12.1. The van der Waals surface area contributed by atoms with Gasteiger partial charge in [0, 0.05) is 18.9 Å². The number of hydrogen-bond donors (Lipinski definition) is 0. The zero-order chi connectivity index (χ0) is 11.6. The molecule has 0 aromatic heterocycles. The van der Waals surface area contributed by atoms with Gasteiger partial charge >= 0.3 is 0 Å². The van der Waals surface area contributed by atoms with Gasteiger partial charge in [-0.05, 0) is 31.6 Å². The lowest BCUT2D eigenvalue weighted by Gasteiger charge is -2.37. The maximum Gasteiger partial charge on any atom is 0.136 e. The summed E-state index contributed by atoms with van der Waals surface area (Å²) in [6.45, 7) is 5.06. The largest absolute Gasteiger partial charge is 0.375 e. The lowest BCUT2D eigenvalue weighted by molar-refractivity contribution is -0.137. The second-order valence-corrected chi connectivity index (χ2v) is 5.99. The Balaban J connectivity index is 1.93. The van der Waals surface area contributed by atoms with E-state index in [2.05, 4.69) is 13.8 Å². The molecule has 92 valence electrons. The minimum atomic E-state index is 0.0928. The first-order valence-corrected chi connectivity index (χ1v) is 6.78. The van der Waals surface area contributed by atoms with Crippen molar-refractivity contribution in [3.8, 4) is 0 Å². The lowest BCUT2D eigenvalue weighted by Crippen LogP contribution is -2.40. The van der Waals surface area contributed by atoms with Gasteiger partial charge in [0.25, 0.3) is 0 Å². The SMILES string of the molecule is CC(C)CC(=O)C1CCOC2(CCCC2)C1. The molecule has 2 nitrogen and oxygen atoms in total. The molecule has 2 heteroatoms. The molecule has 16 heavy (non-hydrogen) atoms. The monoisotopic (exact) mass is 224 g/mol. The molecule has 0 aromatic rings. The van der Waals surface area contributed by atoms with E-state index in [1.165, 1.54) is 25.7 Å². The van der Waals surface area contributed by atoms with Crippen LogP contribution in [-0.2, 0) is 9.53 Å². The molecule has 1 spiro atoms. The van der Waals surface area contributed by atoms with Crippen LogP contribution < -0.4 is 0 Å². The van der Waals surface area contributed by atoms with Gasteiger partial charge in [0.05, 0.1) is 5.60 Å². The third-order valence-corrected chi connectivity index (χ3v) is 4.07. The highest BCUT2D eigenvalue weighted by Crippen LogP contribution is 2.42. The molecule has 0 amide bonds. The van der Waals surface area contributed by atoms with Crippen molar-refractivity contribution < 1.29 is 9.53 Å². The van der Waals surface area contributed by atoms with E-state index < -0.39 is 0 Å². The molecule has 1 saturated heterocycles. The fraction of sp³-hybridized carbons (Fsp3) is 0.929. The molecule has 1 aliphatic carbocycles. The molecule has 0 aromatic carbocycles. The molecular formula is C14H24O2. The van der Waals surface area contributed by atoms with Crippen LogP contribution in [0, 0.1) is 11.8 Å². The number of ether oxygens (including phenoxy) is 1. The Kier molecular flexibility index (Phi) is 3.68. The summed E-state index contributed by atoms with van der Waals surface area (Å²) in [5.74, 6) is 1.26. The van der Waals surface area contributed by atoms with Crippen molar-refractivity contribution in [3.63, 3.8) is 0 Å². The standard InChI is InChI=1S/C14H24O2/c1-11(2)9-13(15)12-5-8-16-14(10-12)6-3-4-7-14/h11-12H,3-10H2,1-2H3. The Hall–Kier alpha value is -0.370. The van der Waals surface area contributed by atoms with Crippen molar-refractivity contribution >= 4 is 5.78 Å². The third-order valence-electron chi connectivity index (χ3n) is 4.07. The summed E-state index contributed by atoms with van der Waals surface area (Å²) in [4.78, 5) is 12.1. The number of rotatable bonds is 3.